The van der Waals surface area contributed by atoms with Crippen molar-refractivity contribution < 1.29 is 27.5 Å². The fourth-order valence-corrected chi connectivity index (χ4v) is 4.35. The highest BCUT2D eigenvalue weighted by Gasteiger charge is 2.48. The van der Waals surface area contributed by atoms with Gasteiger partial charge in [0.25, 0.3) is 0 Å². The molecule has 2 aromatic rings. The van der Waals surface area contributed by atoms with Crippen molar-refractivity contribution >= 4 is 28.8 Å². The van der Waals surface area contributed by atoms with E-state index >= 15 is 0 Å². The first-order chi connectivity index (χ1) is 17.1. The van der Waals surface area contributed by atoms with Gasteiger partial charge in [-0.05, 0) is 56.2 Å². The van der Waals surface area contributed by atoms with Gasteiger partial charge in [0.1, 0.15) is 5.76 Å². The number of carbonyl (C=O) groups excluding carboxylic acids is 2. The Balaban J connectivity index is 1.50. The molecule has 0 bridgehead atoms. The third-order valence-electron chi connectivity index (χ3n) is 6.52. The minimum Gasteiger partial charge on any atom is -0.493 e. The molecule has 190 valence electrons. The second-order valence-electron chi connectivity index (χ2n) is 8.89. The molecular formula is C26H27F3N4O3. The molecule has 0 atom stereocenters. The van der Waals surface area contributed by atoms with Crippen LogP contribution in [0.3, 0.4) is 0 Å². The summed E-state index contributed by atoms with van der Waals surface area (Å²) in [5.74, 6) is 0.630. The van der Waals surface area contributed by atoms with Gasteiger partial charge in [-0.2, -0.15) is 13.2 Å². The molecule has 2 aliphatic carbocycles. The number of amides is 2. The molecule has 0 aliphatic heterocycles. The van der Waals surface area contributed by atoms with Crippen LogP contribution in [-0.4, -0.2) is 28.4 Å². The molecule has 1 aromatic heterocycles. The SMILES string of the molecule is CCOC1=CC(=O)CC=C1c1ncc(NC(=O)Nc2ccc(C3(CC)CC3)c(C(F)(F)F)c2)c(C)n1. The highest BCUT2D eigenvalue weighted by molar-refractivity contribution is 6.00. The van der Waals surface area contributed by atoms with Gasteiger partial charge in [0, 0.05) is 18.2 Å². The second-order valence-corrected chi connectivity index (χ2v) is 8.89. The number of aryl methyl sites for hydroxylation is 1. The number of nitrogens with one attached hydrogen (secondary N) is 2. The molecule has 2 aliphatic rings. The molecule has 1 saturated carbocycles. The summed E-state index contributed by atoms with van der Waals surface area (Å²) in [6.07, 6.45) is 2.26. The number of aromatic nitrogens is 2. The maximum absolute atomic E-state index is 13.8. The monoisotopic (exact) mass is 500 g/mol. The van der Waals surface area contributed by atoms with Crippen LogP contribution in [0.2, 0.25) is 0 Å². The van der Waals surface area contributed by atoms with E-state index in [2.05, 4.69) is 20.6 Å². The Hall–Kier alpha value is -3.69. The predicted molar refractivity (Wildman–Crippen MR) is 129 cm³/mol. The molecule has 1 fully saturated rings. The number of hydrogen-bond donors (Lipinski definition) is 2. The lowest BCUT2D eigenvalue weighted by Gasteiger charge is -2.21. The summed E-state index contributed by atoms with van der Waals surface area (Å²) in [4.78, 5) is 33.0. The van der Waals surface area contributed by atoms with E-state index in [-0.39, 0.29) is 23.5 Å². The van der Waals surface area contributed by atoms with Gasteiger partial charge in [-0.15, -0.1) is 0 Å². The van der Waals surface area contributed by atoms with Crippen molar-refractivity contribution in [2.24, 2.45) is 0 Å². The van der Waals surface area contributed by atoms with Gasteiger partial charge in [0.2, 0.25) is 0 Å². The summed E-state index contributed by atoms with van der Waals surface area (Å²) < 4.78 is 46.8. The zero-order valence-corrected chi connectivity index (χ0v) is 20.3. The molecular weight excluding hydrogens is 473 g/mol. The van der Waals surface area contributed by atoms with E-state index in [1.165, 1.54) is 24.4 Å². The van der Waals surface area contributed by atoms with Gasteiger partial charge >= 0.3 is 12.2 Å². The first-order valence-electron chi connectivity index (χ1n) is 11.8. The number of hydrogen-bond acceptors (Lipinski definition) is 5. The van der Waals surface area contributed by atoms with Crippen molar-refractivity contribution in [1.82, 2.24) is 9.97 Å². The topological polar surface area (TPSA) is 93.2 Å². The summed E-state index contributed by atoms with van der Waals surface area (Å²) in [7, 11) is 0. The van der Waals surface area contributed by atoms with Gasteiger partial charge in [-0.1, -0.05) is 19.1 Å². The van der Waals surface area contributed by atoms with Crippen molar-refractivity contribution in [3.05, 3.63) is 65.0 Å². The van der Waals surface area contributed by atoms with E-state index in [0.29, 0.717) is 41.6 Å². The number of alkyl halides is 3. The molecule has 36 heavy (non-hydrogen) atoms. The fourth-order valence-electron chi connectivity index (χ4n) is 4.35. The highest BCUT2D eigenvalue weighted by Crippen LogP contribution is 2.54. The summed E-state index contributed by atoms with van der Waals surface area (Å²) >= 11 is 0. The molecule has 0 saturated heterocycles. The van der Waals surface area contributed by atoms with Crippen LogP contribution in [-0.2, 0) is 21.1 Å². The first-order valence-corrected chi connectivity index (χ1v) is 11.8. The Labute approximate surface area is 206 Å². The largest absolute Gasteiger partial charge is 0.493 e. The van der Waals surface area contributed by atoms with Crippen LogP contribution in [0.25, 0.3) is 5.57 Å². The molecule has 0 unspecified atom stereocenters. The average Bonchev–Trinajstić information content (AvgIpc) is 3.61. The van der Waals surface area contributed by atoms with Crippen LogP contribution in [0.1, 0.15) is 62.2 Å². The van der Waals surface area contributed by atoms with Gasteiger partial charge < -0.3 is 15.4 Å². The fraction of sp³-hybridized carbons (Fsp3) is 0.385. The molecule has 1 heterocycles. The number of ether oxygens (including phenoxy) is 1. The third kappa shape index (κ3) is 5.27. The Kier molecular flexibility index (Phi) is 6.88. The quantitative estimate of drug-likeness (QED) is 0.475. The maximum atomic E-state index is 13.8. The van der Waals surface area contributed by atoms with Gasteiger partial charge in [-0.25, -0.2) is 14.8 Å². The molecule has 1 aromatic carbocycles. The number of benzene rings is 1. The number of carbonyl (C=O) groups is 2. The maximum Gasteiger partial charge on any atom is 0.416 e. The van der Waals surface area contributed by atoms with E-state index in [9.17, 15) is 22.8 Å². The number of urea groups is 1. The van der Waals surface area contributed by atoms with Crippen molar-refractivity contribution in [2.45, 2.75) is 58.0 Å². The zero-order valence-electron chi connectivity index (χ0n) is 20.3. The van der Waals surface area contributed by atoms with Crippen molar-refractivity contribution in [3.63, 3.8) is 0 Å². The smallest absolute Gasteiger partial charge is 0.416 e. The second kappa shape index (κ2) is 9.75. The highest BCUT2D eigenvalue weighted by atomic mass is 19.4. The summed E-state index contributed by atoms with van der Waals surface area (Å²) in [5.41, 5.74) is 0.476. The molecule has 2 amide bonds. The number of ketones is 1. The lowest BCUT2D eigenvalue weighted by atomic mass is 9.88. The van der Waals surface area contributed by atoms with Crippen molar-refractivity contribution in [3.8, 4) is 0 Å². The van der Waals surface area contributed by atoms with E-state index in [0.717, 1.165) is 18.9 Å². The Morgan fingerprint density at radius 2 is 1.94 bits per heavy atom. The summed E-state index contributed by atoms with van der Waals surface area (Å²) in [5, 5.41) is 5.05. The van der Waals surface area contributed by atoms with Gasteiger partial charge in [0.15, 0.2) is 11.6 Å². The minimum atomic E-state index is -4.53. The zero-order chi connectivity index (χ0) is 26.1. The lowest BCUT2D eigenvalue weighted by Crippen LogP contribution is -2.22. The number of anilines is 2. The van der Waals surface area contributed by atoms with E-state index in [4.69, 9.17) is 4.74 Å². The number of rotatable bonds is 7. The van der Waals surface area contributed by atoms with Gasteiger partial charge in [0.05, 0.1) is 35.3 Å². The number of nitrogens with zero attached hydrogens (tertiary/aromatic N) is 2. The van der Waals surface area contributed by atoms with Crippen LogP contribution < -0.4 is 10.6 Å². The number of allylic oxidation sites excluding steroid dienone is 3. The van der Waals surface area contributed by atoms with Crippen LogP contribution in [0.15, 0.2) is 42.3 Å². The molecule has 10 heteroatoms. The molecule has 4 rings (SSSR count). The van der Waals surface area contributed by atoms with Crippen LogP contribution >= 0.6 is 0 Å². The van der Waals surface area contributed by atoms with E-state index in [1.54, 1.807) is 19.9 Å². The average molecular weight is 501 g/mol. The lowest BCUT2D eigenvalue weighted by molar-refractivity contribution is -0.138. The Morgan fingerprint density at radius 1 is 1.19 bits per heavy atom. The van der Waals surface area contributed by atoms with Crippen molar-refractivity contribution in [1.29, 1.82) is 0 Å². The molecule has 7 nitrogen and oxygen atoms in total. The Morgan fingerprint density at radius 3 is 2.56 bits per heavy atom. The minimum absolute atomic E-state index is 0.0363. The predicted octanol–water partition coefficient (Wildman–Crippen LogP) is 6.17. The van der Waals surface area contributed by atoms with Crippen LogP contribution in [0, 0.1) is 6.92 Å². The van der Waals surface area contributed by atoms with Gasteiger partial charge in [-0.3, -0.25) is 4.79 Å². The Bertz CT molecular complexity index is 1260. The molecule has 0 radical (unpaired) electrons. The van der Waals surface area contributed by atoms with Crippen LogP contribution in [0.4, 0.5) is 29.3 Å². The van der Waals surface area contributed by atoms with Crippen LogP contribution in [0.5, 0.6) is 0 Å². The normalized spacial score (nSPS) is 16.7. The standard InChI is InChI=1S/C26H27F3N4O3/c1-4-25(10-11-25)19-9-6-16(12-20(19)26(27,28)29)32-24(35)33-21-14-30-23(31-15(21)3)18-8-7-17(34)13-22(18)36-5-2/h6,8-9,12-14H,4-5,7,10-11H2,1-3H3,(H2,32,33,35). The molecule has 2 N–H and O–H groups in total. The van der Waals surface area contributed by atoms with E-state index < -0.39 is 23.2 Å². The molecule has 0 spiro atoms. The van der Waals surface area contributed by atoms with Crippen molar-refractivity contribution in [2.75, 3.05) is 17.2 Å². The first kappa shape index (κ1) is 25.4. The third-order valence-corrected chi connectivity index (χ3v) is 6.52. The number of halogens is 3. The summed E-state index contributed by atoms with van der Waals surface area (Å²) in [6.45, 7) is 5.72. The summed E-state index contributed by atoms with van der Waals surface area (Å²) in [6, 6.07) is 3.22. The van der Waals surface area contributed by atoms with E-state index in [1.807, 2.05) is 6.92 Å².